The molecule has 0 fully saturated rings. The van der Waals surface area contributed by atoms with E-state index >= 15 is 0 Å². The first-order valence-electron chi connectivity index (χ1n) is 10.8. The molecular formula is C26H30INO5S+. The quantitative estimate of drug-likeness (QED) is 0.248. The summed E-state index contributed by atoms with van der Waals surface area (Å²) < 4.78 is 34.0. The van der Waals surface area contributed by atoms with Crippen molar-refractivity contribution in [3.8, 4) is 0 Å². The van der Waals surface area contributed by atoms with Crippen molar-refractivity contribution in [2.45, 2.75) is 57.3 Å². The van der Waals surface area contributed by atoms with Crippen LogP contribution in [0.3, 0.4) is 0 Å². The van der Waals surface area contributed by atoms with Crippen LogP contribution in [0, 0.1) is 17.3 Å². The average Bonchev–Trinajstić information content (AvgIpc) is 2.76. The molecule has 0 aliphatic carbocycles. The molecule has 0 spiro atoms. The summed E-state index contributed by atoms with van der Waals surface area (Å²) >= 11 is -2.88. The lowest BCUT2D eigenvalue weighted by Gasteiger charge is -2.19. The number of rotatable bonds is 6. The van der Waals surface area contributed by atoms with Crippen molar-refractivity contribution in [3.63, 3.8) is 0 Å². The van der Waals surface area contributed by atoms with Crippen LogP contribution in [0.4, 0.5) is 5.69 Å². The van der Waals surface area contributed by atoms with Gasteiger partial charge in [-0.05, 0) is 60.9 Å². The van der Waals surface area contributed by atoms with Crippen LogP contribution in [-0.2, 0) is 23.5 Å². The fourth-order valence-corrected chi connectivity index (χ4v) is 10.1. The van der Waals surface area contributed by atoms with Gasteiger partial charge in [0, 0.05) is 12.1 Å². The van der Waals surface area contributed by atoms with Gasteiger partial charge in [-0.15, -0.1) is 0 Å². The first-order valence-corrected chi connectivity index (χ1v) is 15.2. The van der Waals surface area contributed by atoms with Crippen molar-refractivity contribution in [2.24, 2.45) is 0 Å². The highest BCUT2D eigenvalue weighted by Gasteiger charge is 2.38. The van der Waals surface area contributed by atoms with Gasteiger partial charge in [0.25, 0.3) is 5.69 Å². The van der Waals surface area contributed by atoms with E-state index in [1.165, 1.54) is 24.3 Å². The molecule has 0 amide bonds. The second-order valence-electron chi connectivity index (χ2n) is 10.0. The van der Waals surface area contributed by atoms with E-state index in [0.717, 1.165) is 18.3 Å². The highest BCUT2D eigenvalue weighted by Crippen LogP contribution is 2.22. The third-order valence-corrected chi connectivity index (χ3v) is 12.6. The lowest BCUT2D eigenvalue weighted by Crippen LogP contribution is -3.85. The SMILES string of the molecule is CC(C)(C)c1ccc([I+](OS(=O)(=O)c2ccc([N+](=O)[O-])cc2)c2ccc(C(C)(C)C)cc2)cc1. The Hall–Kier alpha value is -2.30. The summed E-state index contributed by atoms with van der Waals surface area (Å²) in [7, 11) is -4.13. The summed E-state index contributed by atoms with van der Waals surface area (Å²) in [5, 5.41) is 10.9. The lowest BCUT2D eigenvalue weighted by molar-refractivity contribution is -1.03. The molecule has 8 heteroatoms. The Labute approximate surface area is 209 Å². The van der Waals surface area contributed by atoms with Crippen LogP contribution in [-0.4, -0.2) is 13.3 Å². The number of halogens is 1. The molecular weight excluding hydrogens is 565 g/mol. The third kappa shape index (κ3) is 6.22. The zero-order chi connectivity index (χ0) is 25.3. The largest absolute Gasteiger partial charge is 0.336 e. The Morgan fingerprint density at radius 3 is 1.41 bits per heavy atom. The first-order chi connectivity index (χ1) is 15.7. The van der Waals surface area contributed by atoms with Crippen LogP contribution in [0.15, 0.2) is 77.7 Å². The zero-order valence-corrected chi connectivity index (χ0v) is 23.2. The molecule has 3 aromatic carbocycles. The summed E-state index contributed by atoms with van der Waals surface area (Å²) in [5.41, 5.74) is 2.06. The van der Waals surface area contributed by atoms with Crippen LogP contribution in [0.2, 0.25) is 0 Å². The van der Waals surface area contributed by atoms with Gasteiger partial charge in [0.05, 0.1) is 9.82 Å². The molecule has 0 unspecified atom stereocenters. The summed E-state index contributed by atoms with van der Waals surface area (Å²) in [5.74, 6) is 0. The molecule has 0 aliphatic heterocycles. The molecule has 3 aromatic rings. The Morgan fingerprint density at radius 1 is 0.706 bits per heavy atom. The third-order valence-electron chi connectivity index (χ3n) is 5.30. The number of nitro benzene ring substituents is 1. The lowest BCUT2D eigenvalue weighted by atomic mass is 9.87. The van der Waals surface area contributed by atoms with E-state index in [2.05, 4.69) is 41.5 Å². The predicted octanol–water partition coefficient (Wildman–Crippen LogP) is 3.17. The van der Waals surface area contributed by atoms with Crippen LogP contribution < -0.4 is 20.2 Å². The van der Waals surface area contributed by atoms with Crippen LogP contribution >= 0.6 is 0 Å². The maximum atomic E-state index is 13.2. The molecule has 0 saturated heterocycles. The maximum absolute atomic E-state index is 13.2. The van der Waals surface area contributed by atoms with Crippen molar-refractivity contribution >= 4 is 15.8 Å². The van der Waals surface area contributed by atoms with Gasteiger partial charge in [-0.1, -0.05) is 65.8 Å². The van der Waals surface area contributed by atoms with E-state index in [9.17, 15) is 18.5 Å². The molecule has 0 aliphatic rings. The molecule has 3 rings (SSSR count). The van der Waals surface area contributed by atoms with Crippen LogP contribution in [0.1, 0.15) is 52.7 Å². The van der Waals surface area contributed by atoms with Crippen molar-refractivity contribution in [2.75, 3.05) is 0 Å². The van der Waals surface area contributed by atoms with Gasteiger partial charge in [0.15, 0.2) is 7.14 Å². The molecule has 0 saturated carbocycles. The molecule has 0 bridgehead atoms. The molecule has 6 nitrogen and oxygen atoms in total. The number of hydrogen-bond acceptors (Lipinski definition) is 5. The Morgan fingerprint density at radius 2 is 1.09 bits per heavy atom. The molecule has 0 atom stereocenters. The van der Waals surface area contributed by atoms with Gasteiger partial charge in [-0.3, -0.25) is 10.1 Å². The van der Waals surface area contributed by atoms with Gasteiger partial charge in [-0.2, -0.15) is 8.42 Å². The molecule has 34 heavy (non-hydrogen) atoms. The van der Waals surface area contributed by atoms with Gasteiger partial charge < -0.3 is 0 Å². The van der Waals surface area contributed by atoms with E-state index in [4.69, 9.17) is 2.51 Å². The summed E-state index contributed by atoms with van der Waals surface area (Å²) in [6.07, 6.45) is 0. The van der Waals surface area contributed by atoms with Crippen LogP contribution in [0.25, 0.3) is 0 Å². The number of hydrogen-bond donors (Lipinski definition) is 0. The minimum atomic E-state index is -4.13. The van der Waals surface area contributed by atoms with Gasteiger partial charge in [0.1, 0.15) is 0 Å². The topological polar surface area (TPSA) is 86.5 Å². The van der Waals surface area contributed by atoms with Gasteiger partial charge >= 0.3 is 30.4 Å². The molecule has 0 N–H and O–H groups in total. The Bertz CT molecular complexity index is 1200. The van der Waals surface area contributed by atoms with E-state index < -0.39 is 35.3 Å². The van der Waals surface area contributed by atoms with E-state index in [0.29, 0.717) is 0 Å². The first kappa shape index (κ1) is 26.3. The van der Waals surface area contributed by atoms with Crippen molar-refractivity contribution in [3.05, 3.63) is 101 Å². The average molecular weight is 595 g/mol. The fraction of sp³-hybridized carbons (Fsp3) is 0.308. The van der Waals surface area contributed by atoms with Crippen molar-refractivity contribution in [1.29, 1.82) is 0 Å². The number of non-ortho nitro benzene ring substituents is 1. The second-order valence-corrected chi connectivity index (χ2v) is 16.5. The molecule has 181 valence electrons. The minimum Gasteiger partial charge on any atom is -0.258 e. The Balaban J connectivity index is 2.03. The normalized spacial score (nSPS) is 12.7. The smallest absolute Gasteiger partial charge is 0.258 e. The van der Waals surface area contributed by atoms with Gasteiger partial charge in [-0.25, -0.2) is 0 Å². The standard InChI is InChI=1S/C26H30INO5S/c1-25(2,3)19-7-11-21(12-8-19)27(22-13-9-20(10-14-22)26(4,5)6)33-34(31,32)24-17-15-23(16-18-24)28(29)30/h7-18H,1-6H3/q+1. The minimum absolute atomic E-state index is 0.0301. The predicted molar refractivity (Wildman–Crippen MR) is 129 cm³/mol. The zero-order valence-electron chi connectivity index (χ0n) is 20.2. The molecule has 0 aromatic heterocycles. The number of nitrogens with zero attached hydrogens (tertiary/aromatic N) is 1. The second kappa shape index (κ2) is 9.75. The highest BCUT2D eigenvalue weighted by molar-refractivity contribution is 7.86. The van der Waals surface area contributed by atoms with E-state index in [-0.39, 0.29) is 21.4 Å². The van der Waals surface area contributed by atoms with E-state index in [1.54, 1.807) is 0 Å². The van der Waals surface area contributed by atoms with E-state index in [1.807, 2.05) is 48.5 Å². The van der Waals surface area contributed by atoms with Gasteiger partial charge in [0.2, 0.25) is 0 Å². The molecule has 1 radical (unpaired) electrons. The summed E-state index contributed by atoms with van der Waals surface area (Å²) in [6.45, 7) is 12.7. The summed E-state index contributed by atoms with van der Waals surface area (Å²) in [4.78, 5) is 10.3. The highest BCUT2D eigenvalue weighted by atomic mass is 127. The van der Waals surface area contributed by atoms with Crippen LogP contribution in [0.5, 0.6) is 0 Å². The maximum Gasteiger partial charge on any atom is 0.336 e. The fourth-order valence-electron chi connectivity index (χ4n) is 3.18. The monoisotopic (exact) mass is 595 g/mol. The number of benzene rings is 3. The summed E-state index contributed by atoms with van der Waals surface area (Å²) in [6, 6.07) is 20.7. The number of nitro groups is 1. The molecule has 0 heterocycles. The van der Waals surface area contributed by atoms with Crippen molar-refractivity contribution < 1.29 is 36.1 Å². The Kier molecular flexibility index (Phi) is 7.54. The van der Waals surface area contributed by atoms with Crippen molar-refractivity contribution in [1.82, 2.24) is 0 Å².